The quantitative estimate of drug-likeness (QED) is 0.0958. The molecule has 0 fully saturated rings. The second-order valence-electron chi connectivity index (χ2n) is 34.2. The predicted octanol–water partition coefficient (Wildman–Crippen LogP) is 31.1. The lowest BCUT2D eigenvalue weighted by atomic mass is 9.99. The van der Waals surface area contributed by atoms with E-state index in [2.05, 4.69) is 487 Å². The average Bonchev–Trinajstić information content (AvgIpc) is 1.66. The molecule has 622 valence electrons. The number of hydrogen-bond donors (Lipinski definition) is 0. The molecular formula is C123H78N6S3Si. The molecule has 0 radical (unpaired) electrons. The van der Waals surface area contributed by atoms with Crippen LogP contribution in [-0.4, -0.2) is 36.7 Å². The number of fused-ring (bicyclic) bond motifs is 25. The van der Waals surface area contributed by atoms with Crippen molar-refractivity contribution in [3.8, 4) is 62.0 Å². The Kier molecular flexibility index (Phi) is 18.8. The molecule has 0 atom stereocenters. The minimum Gasteiger partial charge on any atom is -0.309 e. The van der Waals surface area contributed by atoms with Crippen LogP contribution in [0.5, 0.6) is 0 Å². The van der Waals surface area contributed by atoms with Crippen LogP contribution in [0.2, 0.25) is 0 Å². The van der Waals surface area contributed by atoms with Crippen molar-refractivity contribution in [3.63, 3.8) is 0 Å². The molecule has 28 aromatic rings. The zero-order valence-electron chi connectivity index (χ0n) is 71.9. The second kappa shape index (κ2) is 32.1. The van der Waals surface area contributed by atoms with Gasteiger partial charge in [-0.05, 0) is 129 Å². The van der Waals surface area contributed by atoms with Crippen LogP contribution in [0.3, 0.4) is 0 Å². The first-order valence-electron chi connectivity index (χ1n) is 45.2. The standard InChI is InChI=1S/C45H27N3S.C39H24N2S.C39H27NSSi/c1-2-12-29(13-3-1)47-38-19-9-5-14-31(38)33-26-27-34-32-15-6-10-20-39(32)48(44(34)43(33)47)30-24-22-28(23-25-30)42-41-36-17-7-11-21-40(36)49-45(41)35-16-4-8-18-37(35)46-42;1-5-16-33-31(14-1)39-37(32-15-4-8-19-36(32)42-39)38(40-33)26-22-20-25(21-23-26)27-10-9-11-28(24-27)41-34-17-6-2-12-29(34)30-13-3-7-18-35(30)41;1-4-14-29(15-5-1)42(30-16-6-2-7-17-30,31-18-8-3-9-19-31)32-26-24-28(25-27-32)38-37-34-21-11-13-23-36(34)41-39(37)33-20-10-12-22-35(33)40-38/h1-27H;1-24H;1-27H. The van der Waals surface area contributed by atoms with Gasteiger partial charge in [0, 0.05) is 143 Å². The summed E-state index contributed by atoms with van der Waals surface area (Å²) in [5.74, 6) is 0. The topological polar surface area (TPSA) is 53.5 Å². The lowest BCUT2D eigenvalue weighted by molar-refractivity contribution is 1.15. The monoisotopic (exact) mass is 1760 g/mol. The van der Waals surface area contributed by atoms with E-state index in [-0.39, 0.29) is 0 Å². The van der Waals surface area contributed by atoms with Crippen molar-refractivity contribution >= 4 is 221 Å². The molecule has 0 saturated heterocycles. The van der Waals surface area contributed by atoms with Gasteiger partial charge in [-0.2, -0.15) is 0 Å². The molecule has 0 spiro atoms. The van der Waals surface area contributed by atoms with Crippen LogP contribution in [0.25, 0.3) is 221 Å². The highest BCUT2D eigenvalue weighted by Gasteiger charge is 2.41. The molecule has 9 aromatic heterocycles. The highest BCUT2D eigenvalue weighted by Crippen LogP contribution is 2.49. The van der Waals surface area contributed by atoms with Crippen molar-refractivity contribution in [2.45, 2.75) is 0 Å². The number of thiophene rings is 3. The smallest absolute Gasteiger partial charge is 0.179 e. The van der Waals surface area contributed by atoms with Crippen LogP contribution < -0.4 is 20.7 Å². The fraction of sp³-hybridized carbons (Fsp3) is 0. The Labute approximate surface area is 779 Å². The highest BCUT2D eigenvalue weighted by molar-refractivity contribution is 7.27. The zero-order valence-corrected chi connectivity index (χ0v) is 75.4. The third-order valence-corrected chi connectivity index (χ3v) is 35.3. The van der Waals surface area contributed by atoms with E-state index in [1.54, 1.807) is 0 Å². The Morgan fingerprint density at radius 2 is 0.459 bits per heavy atom. The number of rotatable bonds is 11. The third kappa shape index (κ3) is 12.7. The van der Waals surface area contributed by atoms with Crippen molar-refractivity contribution in [3.05, 3.63) is 473 Å². The van der Waals surface area contributed by atoms with Gasteiger partial charge >= 0.3 is 0 Å². The molecular weight excluding hydrogens is 1690 g/mol. The van der Waals surface area contributed by atoms with Gasteiger partial charge in [-0.3, -0.25) is 0 Å². The first-order valence-corrected chi connectivity index (χ1v) is 49.6. The van der Waals surface area contributed by atoms with E-state index in [1.165, 1.54) is 174 Å². The van der Waals surface area contributed by atoms with Crippen molar-refractivity contribution in [2.24, 2.45) is 0 Å². The van der Waals surface area contributed by atoms with Gasteiger partial charge in [0.15, 0.2) is 8.07 Å². The summed E-state index contributed by atoms with van der Waals surface area (Å²) in [4.78, 5) is 15.8. The molecule has 0 aliphatic carbocycles. The summed E-state index contributed by atoms with van der Waals surface area (Å²) in [5, 5.41) is 24.2. The normalized spacial score (nSPS) is 11.9. The summed E-state index contributed by atoms with van der Waals surface area (Å²) < 4.78 is 15.1. The summed E-state index contributed by atoms with van der Waals surface area (Å²) in [6.45, 7) is 0. The number of nitrogens with zero attached hydrogens (tertiary/aromatic N) is 6. The van der Waals surface area contributed by atoms with Crippen molar-refractivity contribution in [1.82, 2.24) is 28.7 Å². The van der Waals surface area contributed by atoms with E-state index in [1.807, 2.05) is 34.0 Å². The third-order valence-electron chi connectivity index (χ3n) is 26.9. The zero-order chi connectivity index (χ0) is 87.6. The van der Waals surface area contributed by atoms with Gasteiger partial charge in [0.05, 0.1) is 66.7 Å². The summed E-state index contributed by atoms with van der Waals surface area (Å²) in [6, 6.07) is 171. The minimum atomic E-state index is -2.57. The molecule has 6 nitrogen and oxygen atoms in total. The summed E-state index contributed by atoms with van der Waals surface area (Å²) in [6.07, 6.45) is 0. The molecule has 28 rings (SSSR count). The molecule has 10 heteroatoms. The molecule has 0 N–H and O–H groups in total. The van der Waals surface area contributed by atoms with Gasteiger partial charge < -0.3 is 13.7 Å². The Morgan fingerprint density at radius 1 is 0.180 bits per heavy atom. The van der Waals surface area contributed by atoms with Gasteiger partial charge in [0.2, 0.25) is 0 Å². The molecule has 9 heterocycles. The molecule has 0 aliphatic heterocycles. The van der Waals surface area contributed by atoms with E-state index < -0.39 is 8.07 Å². The summed E-state index contributed by atoms with van der Waals surface area (Å²) in [5.41, 5.74) is 22.7. The number of aromatic nitrogens is 6. The average molecular weight is 1760 g/mol. The van der Waals surface area contributed by atoms with Crippen molar-refractivity contribution in [1.29, 1.82) is 0 Å². The molecule has 0 aliphatic rings. The van der Waals surface area contributed by atoms with Crippen LogP contribution in [0, 0.1) is 0 Å². The Balaban J connectivity index is 0.000000105. The van der Waals surface area contributed by atoms with Gasteiger partial charge in [-0.15, -0.1) is 34.0 Å². The van der Waals surface area contributed by atoms with Crippen LogP contribution in [0.4, 0.5) is 0 Å². The maximum Gasteiger partial charge on any atom is 0.179 e. The fourth-order valence-corrected chi connectivity index (χ4v) is 29.5. The SMILES string of the molecule is c1cc(-c2ccc(-c3nc4ccccc4c4sc5ccccc5c34)cc2)cc(-n2c3ccccc3c3ccccc32)c1.c1ccc(-n2c3ccccc3c3ccc4c5ccccc5n(-c5ccc(-c6nc7ccccc7c7sc8ccccc8c67)cc5)c4c32)cc1.c1ccc([Si](c2ccccc2)(c2ccccc2)c2ccc(-c3nc4ccccc4c4sc5ccccc5c34)cc2)cc1. The van der Waals surface area contributed by atoms with E-state index in [9.17, 15) is 0 Å². The predicted molar refractivity (Wildman–Crippen MR) is 572 cm³/mol. The van der Waals surface area contributed by atoms with Crippen molar-refractivity contribution in [2.75, 3.05) is 0 Å². The molecule has 0 amide bonds. The molecule has 0 saturated carbocycles. The molecule has 19 aromatic carbocycles. The number of hydrogen-bond acceptors (Lipinski definition) is 6. The van der Waals surface area contributed by atoms with E-state index in [0.29, 0.717) is 0 Å². The van der Waals surface area contributed by atoms with Gasteiger partial charge in [0.1, 0.15) is 0 Å². The fourth-order valence-electron chi connectivity index (χ4n) is 21.0. The maximum atomic E-state index is 5.30. The Morgan fingerprint density at radius 3 is 0.850 bits per heavy atom. The van der Waals surface area contributed by atoms with Gasteiger partial charge in [0.25, 0.3) is 0 Å². The minimum absolute atomic E-state index is 1.03. The van der Waals surface area contributed by atoms with E-state index in [4.69, 9.17) is 15.0 Å². The Bertz CT molecular complexity index is 9300. The van der Waals surface area contributed by atoms with Crippen molar-refractivity contribution < 1.29 is 0 Å². The molecule has 0 unspecified atom stereocenters. The van der Waals surface area contributed by atoms with E-state index >= 15 is 0 Å². The lowest BCUT2D eigenvalue weighted by Crippen LogP contribution is -2.74. The number of pyridine rings is 3. The lowest BCUT2D eigenvalue weighted by Gasteiger charge is -2.34. The largest absolute Gasteiger partial charge is 0.309 e. The van der Waals surface area contributed by atoms with Crippen LogP contribution >= 0.6 is 34.0 Å². The first kappa shape index (κ1) is 77.8. The van der Waals surface area contributed by atoms with Crippen LogP contribution in [0.15, 0.2) is 473 Å². The van der Waals surface area contributed by atoms with E-state index in [0.717, 1.165) is 67.4 Å². The maximum absolute atomic E-state index is 5.30. The number of para-hydroxylation sites is 8. The van der Waals surface area contributed by atoms with Crippen LogP contribution in [-0.2, 0) is 0 Å². The second-order valence-corrected chi connectivity index (χ2v) is 41.2. The summed E-state index contributed by atoms with van der Waals surface area (Å²) >= 11 is 5.59. The molecule has 133 heavy (non-hydrogen) atoms. The Hall–Kier alpha value is -16.3. The van der Waals surface area contributed by atoms with Gasteiger partial charge in [-0.25, -0.2) is 15.0 Å². The van der Waals surface area contributed by atoms with Gasteiger partial charge in [-0.1, -0.05) is 376 Å². The highest BCUT2D eigenvalue weighted by atomic mass is 32.1. The summed E-state index contributed by atoms with van der Waals surface area (Å²) in [7, 11) is -2.57. The van der Waals surface area contributed by atoms with Crippen LogP contribution in [0.1, 0.15) is 0 Å². The first-order chi connectivity index (χ1) is 66.0. The molecule has 0 bridgehead atoms. The number of benzene rings is 19.